The number of carbonyl (C=O) groups excluding carboxylic acids is 3. The minimum Gasteiger partial charge on any atom is -0.493 e. The molecule has 100 valence electrons. The van der Waals surface area contributed by atoms with Gasteiger partial charge in [0.2, 0.25) is 5.78 Å². The average molecular weight is 264 g/mol. The molecule has 0 spiro atoms. The first-order valence-corrected chi connectivity index (χ1v) is 5.51. The summed E-state index contributed by atoms with van der Waals surface area (Å²) in [6.07, 6.45) is 1.07. The van der Waals surface area contributed by atoms with Gasteiger partial charge in [-0.2, -0.15) is 0 Å². The van der Waals surface area contributed by atoms with E-state index in [-0.39, 0.29) is 34.8 Å². The molecule has 0 aromatic rings. The van der Waals surface area contributed by atoms with E-state index in [0.29, 0.717) is 0 Å². The minimum atomic E-state index is -0.708. The highest BCUT2D eigenvalue weighted by molar-refractivity contribution is 6.27. The molecule has 1 aliphatic heterocycles. The Morgan fingerprint density at radius 1 is 1.32 bits per heavy atom. The first-order chi connectivity index (χ1) is 9.01. The van der Waals surface area contributed by atoms with Crippen molar-refractivity contribution < 1.29 is 28.6 Å². The zero-order chi connectivity index (χ0) is 14.2. The van der Waals surface area contributed by atoms with E-state index < -0.39 is 17.5 Å². The maximum absolute atomic E-state index is 12.1. The van der Waals surface area contributed by atoms with Crippen molar-refractivity contribution in [3.8, 4) is 0 Å². The Balaban J connectivity index is 2.58. The Labute approximate surface area is 109 Å². The second kappa shape index (κ2) is 4.72. The molecule has 0 saturated heterocycles. The van der Waals surface area contributed by atoms with E-state index in [0.717, 1.165) is 6.08 Å². The molecule has 2 rings (SSSR count). The van der Waals surface area contributed by atoms with Gasteiger partial charge in [0.25, 0.3) is 0 Å². The molecule has 0 unspecified atom stereocenters. The Morgan fingerprint density at radius 2 is 2.00 bits per heavy atom. The van der Waals surface area contributed by atoms with Crippen LogP contribution in [0.4, 0.5) is 0 Å². The quantitative estimate of drug-likeness (QED) is 0.532. The lowest BCUT2D eigenvalue weighted by Crippen LogP contribution is -2.30. The SMILES string of the molecule is COC(=O)C1=C(C)OCC2=C1C(=O)C=C(OC)C2=O. The van der Waals surface area contributed by atoms with Gasteiger partial charge in [-0.25, -0.2) is 4.79 Å². The third-order valence-electron chi connectivity index (χ3n) is 2.95. The van der Waals surface area contributed by atoms with Gasteiger partial charge in [0.1, 0.15) is 17.9 Å². The Hall–Kier alpha value is -2.37. The predicted octanol–water partition coefficient (Wildman–Crippen LogP) is 0.442. The number of hydrogen-bond acceptors (Lipinski definition) is 6. The maximum atomic E-state index is 12.1. The van der Waals surface area contributed by atoms with Gasteiger partial charge in [0.05, 0.1) is 25.4 Å². The largest absolute Gasteiger partial charge is 0.493 e. The van der Waals surface area contributed by atoms with Gasteiger partial charge < -0.3 is 14.2 Å². The fourth-order valence-electron chi connectivity index (χ4n) is 2.01. The van der Waals surface area contributed by atoms with Crippen LogP contribution >= 0.6 is 0 Å². The van der Waals surface area contributed by atoms with Crippen LogP contribution < -0.4 is 0 Å². The van der Waals surface area contributed by atoms with Crippen LogP contribution in [0, 0.1) is 0 Å². The van der Waals surface area contributed by atoms with Crippen molar-refractivity contribution in [3.05, 3.63) is 34.3 Å². The molecule has 0 N–H and O–H groups in total. The van der Waals surface area contributed by atoms with Crippen LogP contribution in [0.1, 0.15) is 6.92 Å². The summed E-state index contributed by atoms with van der Waals surface area (Å²) < 4.78 is 14.7. The summed E-state index contributed by atoms with van der Waals surface area (Å²) in [5, 5.41) is 0. The summed E-state index contributed by atoms with van der Waals surface area (Å²) in [5.41, 5.74) is 0.158. The van der Waals surface area contributed by atoms with Crippen LogP contribution in [0.3, 0.4) is 0 Å². The molecule has 1 aliphatic carbocycles. The van der Waals surface area contributed by atoms with Crippen LogP contribution in [0.2, 0.25) is 0 Å². The van der Waals surface area contributed by atoms with Crippen molar-refractivity contribution in [2.75, 3.05) is 20.8 Å². The summed E-state index contributed by atoms with van der Waals surface area (Å²) in [6.45, 7) is 1.48. The van der Waals surface area contributed by atoms with E-state index >= 15 is 0 Å². The third kappa shape index (κ3) is 1.95. The van der Waals surface area contributed by atoms with Crippen LogP contribution in [0.25, 0.3) is 0 Å². The van der Waals surface area contributed by atoms with Crippen molar-refractivity contribution in [1.29, 1.82) is 0 Å². The number of ether oxygens (including phenoxy) is 3. The second-order valence-electron chi connectivity index (χ2n) is 3.97. The van der Waals surface area contributed by atoms with E-state index in [9.17, 15) is 14.4 Å². The molecule has 0 radical (unpaired) electrons. The third-order valence-corrected chi connectivity index (χ3v) is 2.95. The molecule has 0 saturated carbocycles. The molecule has 0 amide bonds. The number of allylic oxidation sites excluding steroid dienone is 3. The standard InChI is InChI=1S/C13H12O6/c1-6-10(13(16)18-3)11-7(5-19-6)12(15)9(17-2)4-8(11)14/h4H,5H2,1-3H3. The van der Waals surface area contributed by atoms with E-state index in [2.05, 4.69) is 4.74 Å². The van der Waals surface area contributed by atoms with E-state index in [1.165, 1.54) is 14.2 Å². The average Bonchev–Trinajstić information content (AvgIpc) is 2.41. The molecule has 0 aromatic heterocycles. The Bertz CT molecular complexity index is 576. The first kappa shape index (κ1) is 13.1. The van der Waals surface area contributed by atoms with Gasteiger partial charge in [-0.05, 0) is 6.92 Å². The van der Waals surface area contributed by atoms with Gasteiger partial charge in [-0.15, -0.1) is 0 Å². The van der Waals surface area contributed by atoms with E-state index in [1.54, 1.807) is 6.92 Å². The number of hydrogen-bond donors (Lipinski definition) is 0. The number of ketones is 2. The van der Waals surface area contributed by atoms with Crippen LogP contribution in [-0.4, -0.2) is 38.4 Å². The summed E-state index contributed by atoms with van der Waals surface area (Å²) in [7, 11) is 2.50. The lowest BCUT2D eigenvalue weighted by atomic mass is 9.87. The van der Waals surface area contributed by atoms with Gasteiger partial charge in [-0.3, -0.25) is 9.59 Å². The van der Waals surface area contributed by atoms with Gasteiger partial charge in [-0.1, -0.05) is 0 Å². The normalized spacial score (nSPS) is 18.8. The summed E-state index contributed by atoms with van der Waals surface area (Å²) in [5.74, 6) is -1.42. The van der Waals surface area contributed by atoms with Crippen molar-refractivity contribution in [1.82, 2.24) is 0 Å². The summed E-state index contributed by atoms with van der Waals surface area (Å²) in [4.78, 5) is 35.8. The molecule has 0 atom stereocenters. The van der Waals surface area contributed by atoms with E-state index in [1.807, 2.05) is 0 Å². The van der Waals surface area contributed by atoms with Crippen LogP contribution in [-0.2, 0) is 28.6 Å². The molecular weight excluding hydrogens is 252 g/mol. The smallest absolute Gasteiger partial charge is 0.342 e. The van der Waals surface area contributed by atoms with Crippen molar-refractivity contribution in [2.45, 2.75) is 6.92 Å². The zero-order valence-corrected chi connectivity index (χ0v) is 10.7. The molecule has 0 bridgehead atoms. The lowest BCUT2D eigenvalue weighted by Gasteiger charge is -2.25. The number of esters is 1. The highest BCUT2D eigenvalue weighted by Gasteiger charge is 2.38. The van der Waals surface area contributed by atoms with Crippen molar-refractivity contribution in [2.24, 2.45) is 0 Å². The highest BCUT2D eigenvalue weighted by Crippen LogP contribution is 2.32. The molecule has 19 heavy (non-hydrogen) atoms. The fraction of sp³-hybridized carbons (Fsp3) is 0.308. The monoisotopic (exact) mass is 264 g/mol. The molecule has 0 fully saturated rings. The first-order valence-electron chi connectivity index (χ1n) is 5.51. The summed E-state index contributed by atoms with van der Waals surface area (Å²) >= 11 is 0. The second-order valence-corrected chi connectivity index (χ2v) is 3.97. The van der Waals surface area contributed by atoms with Gasteiger partial charge in [0.15, 0.2) is 11.5 Å². The van der Waals surface area contributed by atoms with Crippen molar-refractivity contribution in [3.63, 3.8) is 0 Å². The van der Waals surface area contributed by atoms with Gasteiger partial charge in [0, 0.05) is 6.08 Å². The highest BCUT2D eigenvalue weighted by atomic mass is 16.5. The molecule has 6 heteroatoms. The number of Topliss-reactive ketones (excluding diaryl/α,β-unsaturated/α-hetero) is 1. The molecule has 0 aromatic carbocycles. The van der Waals surface area contributed by atoms with Crippen LogP contribution in [0.5, 0.6) is 0 Å². The van der Waals surface area contributed by atoms with Crippen molar-refractivity contribution >= 4 is 17.5 Å². The summed E-state index contributed by atoms with van der Waals surface area (Å²) in [6, 6.07) is 0. The fourth-order valence-corrected chi connectivity index (χ4v) is 2.01. The maximum Gasteiger partial charge on any atom is 0.342 e. The van der Waals surface area contributed by atoms with E-state index in [4.69, 9.17) is 9.47 Å². The Kier molecular flexibility index (Phi) is 3.25. The van der Waals surface area contributed by atoms with Crippen LogP contribution in [0.15, 0.2) is 34.3 Å². The number of carbonyl (C=O) groups is 3. The number of rotatable bonds is 2. The number of methoxy groups -OCH3 is 2. The Morgan fingerprint density at radius 3 is 2.58 bits per heavy atom. The molecule has 2 aliphatic rings. The molecule has 1 heterocycles. The zero-order valence-electron chi connectivity index (χ0n) is 10.7. The predicted molar refractivity (Wildman–Crippen MR) is 62.8 cm³/mol. The lowest BCUT2D eigenvalue weighted by molar-refractivity contribution is -0.136. The van der Waals surface area contributed by atoms with Gasteiger partial charge >= 0.3 is 5.97 Å². The molecular formula is C13H12O6. The molecule has 6 nitrogen and oxygen atoms in total. The minimum absolute atomic E-state index is 0.00602. The topological polar surface area (TPSA) is 78.9 Å².